The number of carbonyl (C=O) groups is 1. The van der Waals surface area contributed by atoms with E-state index in [1.54, 1.807) is 0 Å². The van der Waals surface area contributed by atoms with E-state index >= 15 is 0 Å². The largest absolute Gasteiger partial charge is 0.355 e. The van der Waals surface area contributed by atoms with Crippen molar-refractivity contribution in [2.24, 2.45) is 0 Å². The molecule has 0 spiro atoms. The minimum atomic E-state index is 0.0890. The predicted molar refractivity (Wildman–Crippen MR) is 79.1 cm³/mol. The van der Waals surface area contributed by atoms with Gasteiger partial charge in [-0.25, -0.2) is 0 Å². The molecule has 2 N–H and O–H groups in total. The standard InChI is InChI=1S/C13H27N3OS/c1-13(2,3)15-5-4-12(17)14-6-7-16-8-10-18-11-9-16/h15H,4-11H2,1-3H3,(H,14,17). The van der Waals surface area contributed by atoms with E-state index in [1.807, 2.05) is 11.8 Å². The van der Waals surface area contributed by atoms with Crippen LogP contribution in [0.15, 0.2) is 0 Å². The molecule has 5 heteroatoms. The van der Waals surface area contributed by atoms with Crippen LogP contribution in [0.2, 0.25) is 0 Å². The Balaban J connectivity index is 1.99. The van der Waals surface area contributed by atoms with Gasteiger partial charge in [0.2, 0.25) is 5.91 Å². The summed E-state index contributed by atoms with van der Waals surface area (Å²) in [6.07, 6.45) is 0.563. The van der Waals surface area contributed by atoms with Crippen LogP contribution in [0.3, 0.4) is 0 Å². The fourth-order valence-electron chi connectivity index (χ4n) is 1.82. The number of thioether (sulfide) groups is 1. The van der Waals surface area contributed by atoms with Crippen LogP contribution in [0.5, 0.6) is 0 Å². The van der Waals surface area contributed by atoms with Gasteiger partial charge in [-0.1, -0.05) is 0 Å². The van der Waals surface area contributed by atoms with E-state index in [9.17, 15) is 4.79 Å². The van der Waals surface area contributed by atoms with Gasteiger partial charge in [-0.05, 0) is 20.8 Å². The SMILES string of the molecule is CC(C)(C)NCCC(=O)NCCN1CCSCC1. The molecule has 106 valence electrons. The third-order valence-electron chi connectivity index (χ3n) is 2.86. The van der Waals surface area contributed by atoms with Crippen molar-refractivity contribution in [2.45, 2.75) is 32.7 Å². The van der Waals surface area contributed by atoms with E-state index in [2.05, 4.69) is 36.3 Å². The van der Waals surface area contributed by atoms with Gasteiger partial charge < -0.3 is 10.6 Å². The lowest BCUT2D eigenvalue weighted by Gasteiger charge is -2.26. The van der Waals surface area contributed by atoms with Crippen molar-refractivity contribution < 1.29 is 4.79 Å². The number of carbonyl (C=O) groups excluding carboxylic acids is 1. The van der Waals surface area contributed by atoms with Crippen molar-refractivity contribution >= 4 is 17.7 Å². The molecule has 1 fully saturated rings. The van der Waals surface area contributed by atoms with E-state index < -0.39 is 0 Å². The molecular formula is C13H27N3OS. The van der Waals surface area contributed by atoms with Gasteiger partial charge in [0.05, 0.1) is 0 Å². The van der Waals surface area contributed by atoms with E-state index in [0.717, 1.165) is 32.7 Å². The van der Waals surface area contributed by atoms with Gasteiger partial charge in [0.1, 0.15) is 0 Å². The minimum Gasteiger partial charge on any atom is -0.355 e. The Morgan fingerprint density at radius 2 is 1.89 bits per heavy atom. The molecule has 0 saturated carbocycles. The first kappa shape index (κ1) is 15.8. The Kier molecular flexibility index (Phi) is 7.04. The van der Waals surface area contributed by atoms with Crippen LogP contribution in [0, 0.1) is 0 Å². The van der Waals surface area contributed by atoms with Crippen molar-refractivity contribution in [3.05, 3.63) is 0 Å². The van der Waals surface area contributed by atoms with Crippen LogP contribution in [0.1, 0.15) is 27.2 Å². The van der Waals surface area contributed by atoms with E-state index in [0.29, 0.717) is 6.42 Å². The number of rotatable bonds is 6. The van der Waals surface area contributed by atoms with Crippen LogP contribution in [0.4, 0.5) is 0 Å². The first-order valence-corrected chi connectivity index (χ1v) is 7.95. The van der Waals surface area contributed by atoms with Crippen molar-refractivity contribution in [2.75, 3.05) is 44.2 Å². The maximum absolute atomic E-state index is 11.6. The topological polar surface area (TPSA) is 44.4 Å². The summed E-state index contributed by atoms with van der Waals surface area (Å²) in [5.74, 6) is 2.60. The van der Waals surface area contributed by atoms with Gasteiger partial charge in [-0.3, -0.25) is 9.69 Å². The molecule has 0 atom stereocenters. The lowest BCUT2D eigenvalue weighted by Crippen LogP contribution is -2.41. The highest BCUT2D eigenvalue weighted by atomic mass is 32.2. The second-order valence-corrected chi connectivity index (χ2v) is 6.96. The maximum atomic E-state index is 11.6. The predicted octanol–water partition coefficient (Wildman–Crippen LogP) is 0.930. The molecule has 0 aliphatic carbocycles. The Morgan fingerprint density at radius 3 is 2.50 bits per heavy atom. The van der Waals surface area contributed by atoms with Crippen LogP contribution >= 0.6 is 11.8 Å². The third-order valence-corrected chi connectivity index (χ3v) is 3.80. The highest BCUT2D eigenvalue weighted by Crippen LogP contribution is 2.07. The van der Waals surface area contributed by atoms with Gasteiger partial charge in [0.15, 0.2) is 0 Å². The monoisotopic (exact) mass is 273 g/mol. The molecule has 4 nitrogen and oxygen atoms in total. The quantitative estimate of drug-likeness (QED) is 0.756. The highest BCUT2D eigenvalue weighted by molar-refractivity contribution is 7.99. The van der Waals surface area contributed by atoms with Crippen molar-refractivity contribution in [3.63, 3.8) is 0 Å². The van der Waals surface area contributed by atoms with Gasteiger partial charge in [0, 0.05) is 56.2 Å². The third kappa shape index (κ3) is 7.95. The van der Waals surface area contributed by atoms with Gasteiger partial charge >= 0.3 is 0 Å². The molecule has 0 aromatic rings. The molecule has 0 radical (unpaired) electrons. The van der Waals surface area contributed by atoms with Crippen molar-refractivity contribution in [1.29, 1.82) is 0 Å². The second-order valence-electron chi connectivity index (χ2n) is 5.73. The molecule has 1 aliphatic rings. The summed E-state index contributed by atoms with van der Waals surface area (Å²) in [5.41, 5.74) is 0.0890. The average Bonchev–Trinajstić information content (AvgIpc) is 2.28. The fourth-order valence-corrected chi connectivity index (χ4v) is 2.80. The summed E-state index contributed by atoms with van der Waals surface area (Å²) < 4.78 is 0. The number of amides is 1. The van der Waals surface area contributed by atoms with Gasteiger partial charge in [0.25, 0.3) is 0 Å². The lowest BCUT2D eigenvalue weighted by atomic mass is 10.1. The van der Waals surface area contributed by atoms with Gasteiger partial charge in [-0.15, -0.1) is 0 Å². The number of hydrogen-bond donors (Lipinski definition) is 2. The smallest absolute Gasteiger partial charge is 0.221 e. The Bertz CT molecular complexity index is 247. The second kappa shape index (κ2) is 8.02. The molecule has 0 aromatic carbocycles. The molecule has 0 aromatic heterocycles. The normalized spacial score (nSPS) is 17.7. The summed E-state index contributed by atoms with van der Waals surface area (Å²) in [6.45, 7) is 11.2. The zero-order valence-corrected chi connectivity index (χ0v) is 12.7. The molecule has 1 heterocycles. The molecule has 0 unspecified atom stereocenters. The van der Waals surface area contributed by atoms with E-state index in [1.165, 1.54) is 11.5 Å². The first-order chi connectivity index (χ1) is 8.47. The highest BCUT2D eigenvalue weighted by Gasteiger charge is 2.11. The fraction of sp³-hybridized carbons (Fsp3) is 0.923. The molecular weight excluding hydrogens is 246 g/mol. The molecule has 1 saturated heterocycles. The molecule has 1 amide bonds. The lowest BCUT2D eigenvalue weighted by molar-refractivity contribution is -0.121. The Hall–Kier alpha value is -0.260. The summed E-state index contributed by atoms with van der Waals surface area (Å²) >= 11 is 2.01. The Labute approximate surface area is 115 Å². The number of nitrogens with zero attached hydrogens (tertiary/aromatic N) is 1. The molecule has 1 aliphatic heterocycles. The number of nitrogens with one attached hydrogen (secondary N) is 2. The van der Waals surface area contributed by atoms with Crippen LogP contribution < -0.4 is 10.6 Å². The summed E-state index contributed by atoms with van der Waals surface area (Å²) in [4.78, 5) is 14.0. The maximum Gasteiger partial charge on any atom is 0.221 e. The van der Waals surface area contributed by atoms with Crippen LogP contribution in [-0.4, -0.2) is 60.6 Å². The zero-order valence-electron chi connectivity index (χ0n) is 11.9. The summed E-state index contributed by atoms with van der Waals surface area (Å²) in [7, 11) is 0. The minimum absolute atomic E-state index is 0.0890. The summed E-state index contributed by atoms with van der Waals surface area (Å²) in [5, 5.41) is 6.31. The molecule has 0 bridgehead atoms. The molecule has 18 heavy (non-hydrogen) atoms. The van der Waals surface area contributed by atoms with Gasteiger partial charge in [-0.2, -0.15) is 11.8 Å². The van der Waals surface area contributed by atoms with Crippen molar-refractivity contribution in [1.82, 2.24) is 15.5 Å². The van der Waals surface area contributed by atoms with E-state index in [4.69, 9.17) is 0 Å². The summed E-state index contributed by atoms with van der Waals surface area (Å²) in [6, 6.07) is 0. The molecule has 1 rings (SSSR count). The first-order valence-electron chi connectivity index (χ1n) is 6.79. The Morgan fingerprint density at radius 1 is 1.22 bits per heavy atom. The van der Waals surface area contributed by atoms with E-state index in [-0.39, 0.29) is 11.4 Å². The van der Waals surface area contributed by atoms with Crippen LogP contribution in [0.25, 0.3) is 0 Å². The zero-order chi connectivity index (χ0) is 13.4. The van der Waals surface area contributed by atoms with Crippen LogP contribution in [-0.2, 0) is 4.79 Å². The number of hydrogen-bond acceptors (Lipinski definition) is 4. The average molecular weight is 273 g/mol. The van der Waals surface area contributed by atoms with Crippen molar-refractivity contribution in [3.8, 4) is 0 Å².